The normalized spacial score (nSPS) is 22.9. The quantitative estimate of drug-likeness (QED) is 0.886. The van der Waals surface area contributed by atoms with Gasteiger partial charge in [0.25, 0.3) is 5.91 Å². The zero-order valence-electron chi connectivity index (χ0n) is 15.7. The molecule has 0 bridgehead atoms. The third kappa shape index (κ3) is 3.35. The molecule has 27 heavy (non-hydrogen) atoms. The van der Waals surface area contributed by atoms with Gasteiger partial charge >= 0.3 is 0 Å². The fourth-order valence-electron chi connectivity index (χ4n) is 4.25. The standard InChI is InChI=1S/C21H24N4O2/c1-13-11-18-19(14(2)27-13)23-24-20(18)21(26)25-9-7-17(8-10-25)16-5-3-15(12-22)4-6-16/h3-6,13-14,17H,7-11H2,1-2H3,(H,23,24)/t13-,14+/m1/s1. The van der Waals surface area contributed by atoms with Gasteiger partial charge in [-0.05, 0) is 50.3 Å². The molecule has 0 saturated carbocycles. The summed E-state index contributed by atoms with van der Waals surface area (Å²) in [6, 6.07) is 9.96. The lowest BCUT2D eigenvalue weighted by Gasteiger charge is -2.32. The molecular formula is C21H24N4O2. The number of ether oxygens (including phenoxy) is 1. The molecule has 1 aromatic heterocycles. The SMILES string of the molecule is C[C@@H]1Cc2c(C(=O)N3CCC(c4ccc(C#N)cc4)CC3)n[nH]c2[C@H](C)O1. The van der Waals surface area contributed by atoms with Gasteiger partial charge in [-0.15, -0.1) is 0 Å². The third-order valence-corrected chi connectivity index (χ3v) is 5.73. The molecule has 140 valence electrons. The summed E-state index contributed by atoms with van der Waals surface area (Å²) in [7, 11) is 0. The average Bonchev–Trinajstić information content (AvgIpc) is 3.12. The van der Waals surface area contributed by atoms with Crippen LogP contribution in [0.1, 0.15) is 71.6 Å². The van der Waals surface area contributed by atoms with Crippen molar-refractivity contribution in [3.63, 3.8) is 0 Å². The van der Waals surface area contributed by atoms with Gasteiger partial charge in [-0.1, -0.05) is 12.1 Å². The summed E-state index contributed by atoms with van der Waals surface area (Å²) >= 11 is 0. The van der Waals surface area contributed by atoms with Crippen LogP contribution in [0.5, 0.6) is 0 Å². The second-order valence-corrected chi connectivity index (χ2v) is 7.56. The van der Waals surface area contributed by atoms with Crippen LogP contribution in [-0.2, 0) is 11.2 Å². The number of nitriles is 1. The molecule has 1 N–H and O–H groups in total. The summed E-state index contributed by atoms with van der Waals surface area (Å²) in [6.07, 6.45) is 2.62. The molecule has 2 atom stereocenters. The predicted octanol–water partition coefficient (Wildman–Crippen LogP) is 3.32. The summed E-state index contributed by atoms with van der Waals surface area (Å²) in [5.74, 6) is 0.454. The molecule has 0 radical (unpaired) electrons. The maximum Gasteiger partial charge on any atom is 0.274 e. The van der Waals surface area contributed by atoms with E-state index in [1.165, 1.54) is 5.56 Å². The summed E-state index contributed by atoms with van der Waals surface area (Å²) < 4.78 is 5.81. The minimum atomic E-state index is -0.0556. The molecule has 0 spiro atoms. The monoisotopic (exact) mass is 364 g/mol. The Morgan fingerprint density at radius 2 is 1.96 bits per heavy atom. The van der Waals surface area contributed by atoms with Crippen molar-refractivity contribution in [3.8, 4) is 6.07 Å². The molecule has 0 unspecified atom stereocenters. The zero-order chi connectivity index (χ0) is 19.0. The maximum atomic E-state index is 13.0. The summed E-state index contributed by atoms with van der Waals surface area (Å²) in [6.45, 7) is 5.48. The van der Waals surface area contributed by atoms with Crippen molar-refractivity contribution in [2.45, 2.75) is 51.2 Å². The second-order valence-electron chi connectivity index (χ2n) is 7.56. The Kier molecular flexibility index (Phi) is 4.71. The number of nitrogens with one attached hydrogen (secondary N) is 1. The van der Waals surface area contributed by atoms with Crippen LogP contribution in [0.2, 0.25) is 0 Å². The average molecular weight is 364 g/mol. The topological polar surface area (TPSA) is 82.0 Å². The smallest absolute Gasteiger partial charge is 0.274 e. The molecule has 0 aliphatic carbocycles. The van der Waals surface area contributed by atoms with Gasteiger partial charge < -0.3 is 9.64 Å². The number of hydrogen-bond donors (Lipinski definition) is 1. The highest BCUT2D eigenvalue weighted by Crippen LogP contribution is 2.32. The fraction of sp³-hybridized carbons (Fsp3) is 0.476. The molecule has 1 saturated heterocycles. The van der Waals surface area contributed by atoms with Crippen LogP contribution >= 0.6 is 0 Å². The number of nitrogens with zero attached hydrogens (tertiary/aromatic N) is 3. The van der Waals surface area contributed by atoms with Crippen LogP contribution in [0.3, 0.4) is 0 Å². The Balaban J connectivity index is 1.44. The van der Waals surface area contributed by atoms with Gasteiger partial charge in [-0.3, -0.25) is 9.89 Å². The van der Waals surface area contributed by atoms with E-state index >= 15 is 0 Å². The van der Waals surface area contributed by atoms with E-state index in [1.807, 2.05) is 43.0 Å². The molecule has 2 aliphatic rings. The van der Waals surface area contributed by atoms with E-state index in [4.69, 9.17) is 10.00 Å². The highest BCUT2D eigenvalue weighted by Gasteiger charge is 2.32. The van der Waals surface area contributed by atoms with Crippen molar-refractivity contribution >= 4 is 5.91 Å². The highest BCUT2D eigenvalue weighted by molar-refractivity contribution is 5.94. The van der Waals surface area contributed by atoms with E-state index in [1.54, 1.807) is 0 Å². The molecule has 4 rings (SSSR count). The summed E-state index contributed by atoms with van der Waals surface area (Å²) in [4.78, 5) is 15.0. The summed E-state index contributed by atoms with van der Waals surface area (Å²) in [5.41, 5.74) is 4.44. The third-order valence-electron chi connectivity index (χ3n) is 5.73. The number of likely N-dealkylation sites (tertiary alicyclic amines) is 1. The number of hydrogen-bond acceptors (Lipinski definition) is 4. The lowest BCUT2D eigenvalue weighted by molar-refractivity contribution is -0.00703. The number of rotatable bonds is 2. The van der Waals surface area contributed by atoms with Crippen molar-refractivity contribution in [1.82, 2.24) is 15.1 Å². The van der Waals surface area contributed by atoms with Gasteiger partial charge in [-0.25, -0.2) is 0 Å². The Bertz CT molecular complexity index is 873. The molecule has 3 heterocycles. The first-order valence-electron chi connectivity index (χ1n) is 9.58. The first kappa shape index (κ1) is 17.7. The van der Waals surface area contributed by atoms with Crippen LogP contribution in [-0.4, -0.2) is 40.2 Å². The molecule has 1 aromatic carbocycles. The zero-order valence-corrected chi connectivity index (χ0v) is 15.7. The van der Waals surface area contributed by atoms with E-state index in [-0.39, 0.29) is 18.1 Å². The number of H-pyrrole nitrogens is 1. The number of aromatic nitrogens is 2. The van der Waals surface area contributed by atoms with Crippen LogP contribution < -0.4 is 0 Å². The van der Waals surface area contributed by atoms with Crippen LogP contribution in [0, 0.1) is 11.3 Å². The number of amides is 1. The van der Waals surface area contributed by atoms with Gasteiger partial charge in [0.15, 0.2) is 5.69 Å². The van der Waals surface area contributed by atoms with Gasteiger partial charge in [0, 0.05) is 25.1 Å². The van der Waals surface area contributed by atoms with E-state index in [0.717, 1.165) is 43.6 Å². The summed E-state index contributed by atoms with van der Waals surface area (Å²) in [5, 5.41) is 16.3. The van der Waals surface area contributed by atoms with Crippen molar-refractivity contribution in [3.05, 3.63) is 52.3 Å². The molecule has 1 amide bonds. The van der Waals surface area contributed by atoms with Gasteiger partial charge in [0.2, 0.25) is 0 Å². The largest absolute Gasteiger partial charge is 0.369 e. The molecule has 6 nitrogen and oxygen atoms in total. The number of benzene rings is 1. The van der Waals surface area contributed by atoms with E-state index in [0.29, 0.717) is 17.2 Å². The number of fused-ring (bicyclic) bond motifs is 1. The van der Waals surface area contributed by atoms with Crippen LogP contribution in [0.15, 0.2) is 24.3 Å². The van der Waals surface area contributed by atoms with Crippen LogP contribution in [0.25, 0.3) is 0 Å². The second kappa shape index (κ2) is 7.16. The van der Waals surface area contributed by atoms with E-state index in [9.17, 15) is 4.79 Å². The highest BCUT2D eigenvalue weighted by atomic mass is 16.5. The first-order valence-corrected chi connectivity index (χ1v) is 9.58. The Hall–Kier alpha value is -2.65. The number of carbonyl (C=O) groups is 1. The molecule has 2 aromatic rings. The van der Waals surface area contributed by atoms with E-state index < -0.39 is 0 Å². The fourth-order valence-corrected chi connectivity index (χ4v) is 4.25. The van der Waals surface area contributed by atoms with Gasteiger partial charge in [-0.2, -0.15) is 10.4 Å². The Morgan fingerprint density at radius 3 is 2.63 bits per heavy atom. The van der Waals surface area contributed by atoms with Gasteiger partial charge in [0.05, 0.1) is 29.5 Å². The van der Waals surface area contributed by atoms with Crippen LogP contribution in [0.4, 0.5) is 0 Å². The van der Waals surface area contributed by atoms with E-state index in [2.05, 4.69) is 16.3 Å². The molecular weight excluding hydrogens is 340 g/mol. The number of carbonyl (C=O) groups excluding carboxylic acids is 1. The van der Waals surface area contributed by atoms with Crippen molar-refractivity contribution in [1.29, 1.82) is 5.26 Å². The number of piperidine rings is 1. The van der Waals surface area contributed by atoms with Crippen molar-refractivity contribution < 1.29 is 9.53 Å². The molecule has 1 fully saturated rings. The van der Waals surface area contributed by atoms with Crippen molar-refractivity contribution in [2.75, 3.05) is 13.1 Å². The minimum Gasteiger partial charge on any atom is -0.369 e. The predicted molar refractivity (Wildman–Crippen MR) is 100 cm³/mol. The maximum absolute atomic E-state index is 13.0. The van der Waals surface area contributed by atoms with Gasteiger partial charge in [0.1, 0.15) is 0 Å². The first-order chi connectivity index (χ1) is 13.1. The minimum absolute atomic E-state index is 0.0204. The molecule has 2 aliphatic heterocycles. The Morgan fingerprint density at radius 1 is 1.26 bits per heavy atom. The Labute approximate surface area is 159 Å². The lowest BCUT2D eigenvalue weighted by atomic mass is 9.89. The number of aromatic amines is 1. The van der Waals surface area contributed by atoms with Crippen molar-refractivity contribution in [2.24, 2.45) is 0 Å². The lowest BCUT2D eigenvalue weighted by Crippen LogP contribution is -2.38. The molecule has 6 heteroatoms.